The number of hydrogen-bond acceptors (Lipinski definition) is 1. The molecule has 13 heavy (non-hydrogen) atoms. The van der Waals surface area contributed by atoms with E-state index in [9.17, 15) is 0 Å². The van der Waals surface area contributed by atoms with Gasteiger partial charge in [-0.3, -0.25) is 0 Å². The van der Waals surface area contributed by atoms with Crippen molar-refractivity contribution in [2.45, 2.75) is 19.3 Å². The van der Waals surface area contributed by atoms with E-state index >= 15 is 0 Å². The second-order valence-corrected chi connectivity index (χ2v) is 3.53. The summed E-state index contributed by atoms with van der Waals surface area (Å²) in [6.45, 7) is 2.18. The average molecular weight is 199 g/mol. The van der Waals surface area contributed by atoms with Crippen LogP contribution in [0, 0.1) is 0 Å². The largest absolute Gasteiger partial charge is 0.497 e. The van der Waals surface area contributed by atoms with E-state index in [0.29, 0.717) is 11.8 Å². The van der Waals surface area contributed by atoms with Crippen LogP contribution in [-0.4, -0.2) is 13.0 Å². The minimum absolute atomic E-state index is 0.507. The molecule has 1 unspecified atom stereocenters. The number of methoxy groups -OCH3 is 1. The maximum absolute atomic E-state index is 5.69. The van der Waals surface area contributed by atoms with Crippen LogP contribution in [-0.2, 0) is 0 Å². The molecule has 0 spiro atoms. The second-order valence-electron chi connectivity index (χ2n) is 3.16. The van der Waals surface area contributed by atoms with Gasteiger partial charge in [0.2, 0.25) is 0 Å². The van der Waals surface area contributed by atoms with Crippen LogP contribution in [0.1, 0.15) is 24.8 Å². The molecule has 0 saturated carbocycles. The first-order valence-electron chi connectivity index (χ1n) is 4.48. The fourth-order valence-corrected chi connectivity index (χ4v) is 1.61. The third-order valence-electron chi connectivity index (χ3n) is 2.20. The Bertz CT molecular complexity index is 260. The third-order valence-corrected chi connectivity index (χ3v) is 2.42. The number of alkyl halides is 1. The summed E-state index contributed by atoms with van der Waals surface area (Å²) in [5, 5.41) is 0. The van der Waals surface area contributed by atoms with E-state index in [1.54, 1.807) is 7.11 Å². The summed E-state index contributed by atoms with van der Waals surface area (Å²) >= 11 is 5.69. The molecule has 0 aliphatic heterocycles. The van der Waals surface area contributed by atoms with Gasteiger partial charge < -0.3 is 4.74 Å². The summed E-state index contributed by atoms with van der Waals surface area (Å²) in [5.74, 6) is 2.13. The summed E-state index contributed by atoms with van der Waals surface area (Å²) in [4.78, 5) is 0. The van der Waals surface area contributed by atoms with E-state index < -0.39 is 0 Å². The fraction of sp³-hybridized carbons (Fsp3) is 0.455. The Hall–Kier alpha value is -0.690. The first-order chi connectivity index (χ1) is 6.27. The van der Waals surface area contributed by atoms with Gasteiger partial charge in [-0.25, -0.2) is 0 Å². The highest BCUT2D eigenvalue weighted by atomic mass is 35.5. The Morgan fingerprint density at radius 1 is 1.46 bits per heavy atom. The molecule has 0 aliphatic rings. The smallest absolute Gasteiger partial charge is 0.119 e. The lowest BCUT2D eigenvalue weighted by Crippen LogP contribution is -1.94. The van der Waals surface area contributed by atoms with Crippen molar-refractivity contribution < 1.29 is 4.74 Å². The Kier molecular flexibility index (Phi) is 4.10. The molecule has 0 radical (unpaired) electrons. The van der Waals surface area contributed by atoms with Crippen molar-refractivity contribution in [2.75, 3.05) is 13.0 Å². The van der Waals surface area contributed by atoms with Crippen molar-refractivity contribution in [2.24, 2.45) is 0 Å². The summed E-state index contributed by atoms with van der Waals surface area (Å²) < 4.78 is 5.15. The highest BCUT2D eigenvalue weighted by molar-refractivity contribution is 6.17. The SMILES string of the molecule is COc1cccc(C(C)CCCl)c1. The molecule has 0 aromatic heterocycles. The monoisotopic (exact) mass is 198 g/mol. The van der Waals surface area contributed by atoms with Crippen LogP contribution in [0.2, 0.25) is 0 Å². The number of ether oxygens (including phenoxy) is 1. The van der Waals surface area contributed by atoms with Gasteiger partial charge in [-0.05, 0) is 30.0 Å². The lowest BCUT2D eigenvalue weighted by Gasteiger charge is -2.10. The minimum Gasteiger partial charge on any atom is -0.497 e. The summed E-state index contributed by atoms with van der Waals surface area (Å²) in [6, 6.07) is 8.15. The normalized spacial score (nSPS) is 12.5. The quantitative estimate of drug-likeness (QED) is 0.674. The molecule has 2 heteroatoms. The van der Waals surface area contributed by atoms with Crippen molar-refractivity contribution in [1.29, 1.82) is 0 Å². The van der Waals surface area contributed by atoms with Crippen LogP contribution < -0.4 is 4.74 Å². The zero-order valence-corrected chi connectivity index (χ0v) is 8.84. The van der Waals surface area contributed by atoms with Crippen molar-refractivity contribution >= 4 is 11.6 Å². The Morgan fingerprint density at radius 2 is 2.23 bits per heavy atom. The lowest BCUT2D eigenvalue weighted by atomic mass is 9.99. The van der Waals surface area contributed by atoms with Gasteiger partial charge in [-0.15, -0.1) is 11.6 Å². The van der Waals surface area contributed by atoms with Crippen LogP contribution in [0.15, 0.2) is 24.3 Å². The molecule has 0 aliphatic carbocycles. The van der Waals surface area contributed by atoms with E-state index in [1.807, 2.05) is 12.1 Å². The van der Waals surface area contributed by atoms with Gasteiger partial charge >= 0.3 is 0 Å². The van der Waals surface area contributed by atoms with Gasteiger partial charge in [0.1, 0.15) is 5.75 Å². The standard InChI is InChI=1S/C11H15ClO/c1-9(6-7-12)10-4-3-5-11(8-10)13-2/h3-5,8-9H,6-7H2,1-2H3. The second kappa shape index (κ2) is 5.13. The average Bonchev–Trinajstić information content (AvgIpc) is 2.18. The van der Waals surface area contributed by atoms with Crippen molar-refractivity contribution in [3.05, 3.63) is 29.8 Å². The van der Waals surface area contributed by atoms with Gasteiger partial charge in [0, 0.05) is 5.88 Å². The first-order valence-corrected chi connectivity index (χ1v) is 5.01. The molecular weight excluding hydrogens is 184 g/mol. The molecule has 1 atom stereocenters. The van der Waals surface area contributed by atoms with Crippen molar-refractivity contribution in [1.82, 2.24) is 0 Å². The van der Waals surface area contributed by atoms with Crippen molar-refractivity contribution in [3.63, 3.8) is 0 Å². The zero-order valence-electron chi connectivity index (χ0n) is 8.09. The van der Waals surface area contributed by atoms with Crippen LogP contribution in [0.5, 0.6) is 5.75 Å². The molecule has 72 valence electrons. The molecule has 0 fully saturated rings. The van der Waals surface area contributed by atoms with Gasteiger partial charge in [0.05, 0.1) is 7.11 Å². The lowest BCUT2D eigenvalue weighted by molar-refractivity contribution is 0.414. The maximum Gasteiger partial charge on any atom is 0.119 e. The fourth-order valence-electron chi connectivity index (χ4n) is 1.28. The molecular formula is C11H15ClO. The van der Waals surface area contributed by atoms with E-state index in [1.165, 1.54) is 5.56 Å². The van der Waals surface area contributed by atoms with Crippen LogP contribution in [0.4, 0.5) is 0 Å². The molecule has 0 heterocycles. The van der Waals surface area contributed by atoms with E-state index in [-0.39, 0.29) is 0 Å². The summed E-state index contributed by atoms with van der Waals surface area (Å²) in [6.07, 6.45) is 1.01. The zero-order chi connectivity index (χ0) is 9.68. The first kappa shape index (κ1) is 10.4. The Morgan fingerprint density at radius 3 is 2.85 bits per heavy atom. The predicted molar refractivity (Wildman–Crippen MR) is 56.7 cm³/mol. The van der Waals surface area contributed by atoms with Gasteiger partial charge in [-0.2, -0.15) is 0 Å². The number of rotatable bonds is 4. The molecule has 1 aromatic carbocycles. The molecule has 0 bridgehead atoms. The Labute approximate surface area is 84.7 Å². The molecule has 1 nitrogen and oxygen atoms in total. The van der Waals surface area contributed by atoms with Crippen LogP contribution in [0.3, 0.4) is 0 Å². The number of halogens is 1. The molecule has 0 amide bonds. The molecule has 0 N–H and O–H groups in total. The van der Waals surface area contributed by atoms with E-state index in [2.05, 4.69) is 19.1 Å². The highest BCUT2D eigenvalue weighted by Crippen LogP contribution is 2.23. The molecule has 0 saturated heterocycles. The maximum atomic E-state index is 5.69. The van der Waals surface area contributed by atoms with E-state index in [4.69, 9.17) is 16.3 Å². The Balaban J connectivity index is 2.75. The van der Waals surface area contributed by atoms with Gasteiger partial charge in [-0.1, -0.05) is 19.1 Å². The van der Waals surface area contributed by atoms with E-state index in [0.717, 1.165) is 12.2 Å². The number of benzene rings is 1. The van der Waals surface area contributed by atoms with Crippen LogP contribution >= 0.6 is 11.6 Å². The van der Waals surface area contributed by atoms with Crippen molar-refractivity contribution in [3.8, 4) is 5.75 Å². The minimum atomic E-state index is 0.507. The highest BCUT2D eigenvalue weighted by Gasteiger charge is 2.04. The topological polar surface area (TPSA) is 9.23 Å². The van der Waals surface area contributed by atoms with Crippen LogP contribution in [0.25, 0.3) is 0 Å². The predicted octanol–water partition coefficient (Wildman–Crippen LogP) is 3.43. The number of hydrogen-bond donors (Lipinski definition) is 0. The summed E-state index contributed by atoms with van der Waals surface area (Å²) in [7, 11) is 1.69. The molecule has 1 rings (SSSR count). The molecule has 1 aromatic rings. The van der Waals surface area contributed by atoms with Gasteiger partial charge in [0.15, 0.2) is 0 Å². The summed E-state index contributed by atoms with van der Waals surface area (Å²) in [5.41, 5.74) is 1.29. The third kappa shape index (κ3) is 2.92. The van der Waals surface area contributed by atoms with Gasteiger partial charge in [0.25, 0.3) is 0 Å².